The van der Waals surface area contributed by atoms with E-state index in [4.69, 9.17) is 0 Å². The number of fused-ring (bicyclic) bond motifs is 1. The van der Waals surface area contributed by atoms with Crippen molar-refractivity contribution in [2.24, 2.45) is 11.8 Å². The second-order valence-electron chi connectivity index (χ2n) is 9.95. The molecule has 0 saturated heterocycles. The molecule has 1 aromatic carbocycles. The first-order chi connectivity index (χ1) is 16.3. The molecule has 2 aliphatic carbocycles. The topological polar surface area (TPSA) is 99.2 Å². The molecule has 1 unspecified atom stereocenters. The third kappa shape index (κ3) is 5.31. The zero-order valence-electron chi connectivity index (χ0n) is 19.3. The molecule has 34 heavy (non-hydrogen) atoms. The lowest BCUT2D eigenvalue weighted by Gasteiger charge is -2.24. The van der Waals surface area contributed by atoms with Crippen LogP contribution in [0.2, 0.25) is 0 Å². The van der Waals surface area contributed by atoms with E-state index in [2.05, 4.69) is 25.9 Å². The number of anilines is 3. The van der Waals surface area contributed by atoms with Gasteiger partial charge in [-0.15, -0.1) is 11.3 Å². The highest BCUT2D eigenvalue weighted by atomic mass is 32.1. The van der Waals surface area contributed by atoms with E-state index in [0.29, 0.717) is 34.9 Å². The molecule has 5 rings (SSSR count). The Bertz CT molecular complexity index is 1170. The summed E-state index contributed by atoms with van der Waals surface area (Å²) in [5.74, 6) is 1.47. The minimum absolute atomic E-state index is 0.273. The summed E-state index contributed by atoms with van der Waals surface area (Å²) in [6, 6.07) is 8.12. The summed E-state index contributed by atoms with van der Waals surface area (Å²) >= 11 is 1.57. The highest BCUT2D eigenvalue weighted by molar-refractivity contribution is 7.16. The van der Waals surface area contributed by atoms with E-state index in [1.807, 2.05) is 29.8 Å². The van der Waals surface area contributed by atoms with Crippen molar-refractivity contribution in [3.63, 3.8) is 0 Å². The molecule has 0 spiro atoms. The number of carbonyl (C=O) groups excluding carboxylic acids is 1. The Morgan fingerprint density at radius 3 is 2.62 bits per heavy atom. The number of carbonyl (C=O) groups is 1. The first-order valence-corrected chi connectivity index (χ1v) is 12.7. The van der Waals surface area contributed by atoms with Crippen LogP contribution >= 0.6 is 11.3 Å². The van der Waals surface area contributed by atoms with Crippen molar-refractivity contribution >= 4 is 44.7 Å². The molecular weight excluding hydrogens is 453 g/mol. The Kier molecular flexibility index (Phi) is 6.16. The van der Waals surface area contributed by atoms with Gasteiger partial charge in [0.1, 0.15) is 12.0 Å². The van der Waals surface area contributed by atoms with Gasteiger partial charge in [0.2, 0.25) is 0 Å². The SMILES string of the molecule is CC(C)(O)C(F)CNC(=O)c1cnc(Nc2ccc3ncsc3c2)cc1NC(C1CC1)C1CC1. The van der Waals surface area contributed by atoms with Crippen molar-refractivity contribution in [2.75, 3.05) is 17.2 Å². The van der Waals surface area contributed by atoms with Gasteiger partial charge < -0.3 is 21.1 Å². The lowest BCUT2D eigenvalue weighted by molar-refractivity contribution is -0.00177. The zero-order valence-corrected chi connectivity index (χ0v) is 20.2. The first-order valence-electron chi connectivity index (χ1n) is 11.8. The second kappa shape index (κ2) is 9.11. The quantitative estimate of drug-likeness (QED) is 0.328. The van der Waals surface area contributed by atoms with E-state index < -0.39 is 17.7 Å². The standard InChI is InChI=1S/C25H30FN5O2S/c1-25(2,33)21(26)12-28-24(32)17-11-27-22(30-16-7-8-18-20(9-16)34-13-29-18)10-19(17)31-23(14-3-4-14)15-5-6-15/h7-11,13-15,21,23,33H,3-6,12H2,1-2H3,(H,28,32)(H2,27,30,31). The maximum atomic E-state index is 14.2. The molecule has 3 aromatic rings. The molecular formula is C25H30FN5O2S. The van der Waals surface area contributed by atoms with Crippen LogP contribution in [-0.2, 0) is 0 Å². The number of rotatable bonds is 10. The smallest absolute Gasteiger partial charge is 0.255 e. The van der Waals surface area contributed by atoms with Gasteiger partial charge in [0.25, 0.3) is 5.91 Å². The molecule has 0 bridgehead atoms. The van der Waals surface area contributed by atoms with E-state index in [1.54, 1.807) is 11.3 Å². The molecule has 1 atom stereocenters. The molecule has 0 aliphatic heterocycles. The lowest BCUT2D eigenvalue weighted by atomic mass is 10.0. The minimum Gasteiger partial charge on any atom is -0.387 e. The third-order valence-electron chi connectivity index (χ3n) is 6.54. The number of alkyl halides is 1. The Hall–Kier alpha value is -2.78. The average molecular weight is 484 g/mol. The van der Waals surface area contributed by atoms with Gasteiger partial charge in [-0.3, -0.25) is 4.79 Å². The second-order valence-corrected chi connectivity index (χ2v) is 10.8. The van der Waals surface area contributed by atoms with Crippen molar-refractivity contribution in [1.29, 1.82) is 0 Å². The van der Waals surface area contributed by atoms with E-state index in [9.17, 15) is 14.3 Å². The number of halogens is 1. The molecule has 180 valence electrons. The van der Waals surface area contributed by atoms with Crippen molar-refractivity contribution in [3.8, 4) is 0 Å². The number of nitrogens with one attached hydrogen (secondary N) is 3. The molecule has 7 nitrogen and oxygen atoms in total. The highest BCUT2D eigenvalue weighted by Gasteiger charge is 2.41. The Labute approximate surface area is 202 Å². The summed E-state index contributed by atoms with van der Waals surface area (Å²) in [5, 5.41) is 19.4. The highest BCUT2D eigenvalue weighted by Crippen LogP contribution is 2.46. The van der Waals surface area contributed by atoms with Gasteiger partial charge in [-0.1, -0.05) is 0 Å². The molecule has 2 aliphatic rings. The summed E-state index contributed by atoms with van der Waals surface area (Å²) in [4.78, 5) is 21.7. The van der Waals surface area contributed by atoms with Crippen LogP contribution in [0.5, 0.6) is 0 Å². The van der Waals surface area contributed by atoms with Gasteiger partial charge >= 0.3 is 0 Å². The van der Waals surface area contributed by atoms with Crippen LogP contribution in [0.1, 0.15) is 49.9 Å². The Balaban J connectivity index is 1.38. The molecule has 2 aromatic heterocycles. The average Bonchev–Trinajstić information content (AvgIpc) is 3.73. The van der Waals surface area contributed by atoms with E-state index in [0.717, 1.165) is 15.9 Å². The number of hydrogen-bond acceptors (Lipinski definition) is 7. The lowest BCUT2D eigenvalue weighted by Crippen LogP contribution is -2.42. The normalized spacial score (nSPS) is 17.1. The van der Waals surface area contributed by atoms with Crippen LogP contribution in [0.4, 0.5) is 21.6 Å². The third-order valence-corrected chi connectivity index (χ3v) is 7.33. The summed E-state index contributed by atoms with van der Waals surface area (Å²) in [6.45, 7) is 2.50. The van der Waals surface area contributed by atoms with Gasteiger partial charge in [0.05, 0.1) is 39.1 Å². The molecule has 2 fully saturated rings. The summed E-state index contributed by atoms with van der Waals surface area (Å²) in [5.41, 5.74) is 3.19. The van der Waals surface area contributed by atoms with Crippen molar-refractivity contribution in [1.82, 2.24) is 15.3 Å². The number of aromatic nitrogens is 2. The summed E-state index contributed by atoms with van der Waals surface area (Å²) < 4.78 is 15.3. The molecule has 4 N–H and O–H groups in total. The van der Waals surface area contributed by atoms with E-state index in [1.165, 1.54) is 45.7 Å². The number of pyridine rings is 1. The van der Waals surface area contributed by atoms with Gasteiger partial charge in [-0.2, -0.15) is 0 Å². The monoisotopic (exact) mass is 483 g/mol. The largest absolute Gasteiger partial charge is 0.387 e. The van der Waals surface area contributed by atoms with Crippen LogP contribution in [-0.4, -0.2) is 45.3 Å². The van der Waals surface area contributed by atoms with Crippen LogP contribution in [0.25, 0.3) is 10.2 Å². The van der Waals surface area contributed by atoms with Gasteiger partial charge in [-0.25, -0.2) is 14.4 Å². The summed E-state index contributed by atoms with van der Waals surface area (Å²) in [7, 11) is 0. The van der Waals surface area contributed by atoms with Crippen molar-refractivity contribution in [3.05, 3.63) is 41.5 Å². The predicted molar refractivity (Wildman–Crippen MR) is 134 cm³/mol. The predicted octanol–water partition coefficient (Wildman–Crippen LogP) is 4.87. The number of thiazole rings is 1. The number of hydrogen-bond donors (Lipinski definition) is 4. The number of nitrogens with zero attached hydrogens (tertiary/aromatic N) is 2. The fraction of sp³-hybridized carbons (Fsp3) is 0.480. The van der Waals surface area contributed by atoms with Crippen molar-refractivity contribution in [2.45, 2.75) is 57.3 Å². The van der Waals surface area contributed by atoms with Crippen LogP contribution in [0.15, 0.2) is 36.0 Å². The molecule has 2 heterocycles. The molecule has 0 radical (unpaired) electrons. The number of aliphatic hydroxyl groups is 1. The van der Waals surface area contributed by atoms with E-state index in [-0.39, 0.29) is 6.54 Å². The maximum absolute atomic E-state index is 14.2. The zero-order chi connectivity index (χ0) is 23.9. The summed E-state index contributed by atoms with van der Waals surface area (Å²) in [6.07, 6.45) is 4.77. The van der Waals surface area contributed by atoms with Crippen LogP contribution < -0.4 is 16.0 Å². The fourth-order valence-corrected chi connectivity index (χ4v) is 4.86. The van der Waals surface area contributed by atoms with Crippen LogP contribution in [0.3, 0.4) is 0 Å². The maximum Gasteiger partial charge on any atom is 0.255 e. The van der Waals surface area contributed by atoms with Gasteiger partial charge in [0.15, 0.2) is 0 Å². The molecule has 2 saturated carbocycles. The van der Waals surface area contributed by atoms with Gasteiger partial charge in [-0.05, 0) is 69.6 Å². The number of amides is 1. The molecule has 1 amide bonds. The van der Waals surface area contributed by atoms with Crippen LogP contribution in [0, 0.1) is 11.8 Å². The van der Waals surface area contributed by atoms with Crippen molar-refractivity contribution < 1.29 is 14.3 Å². The fourth-order valence-electron chi connectivity index (χ4n) is 4.14. The van der Waals surface area contributed by atoms with E-state index >= 15 is 0 Å². The molecule has 9 heteroatoms. The van der Waals surface area contributed by atoms with Gasteiger partial charge in [0, 0.05) is 24.0 Å². The Morgan fingerprint density at radius 2 is 1.94 bits per heavy atom. The minimum atomic E-state index is -1.57. The Morgan fingerprint density at radius 1 is 1.21 bits per heavy atom. The first kappa shape index (κ1) is 23.0. The number of benzene rings is 1.